The van der Waals surface area contributed by atoms with Crippen LogP contribution in [0.5, 0.6) is 5.75 Å². The third kappa shape index (κ3) is 5.43. The zero-order chi connectivity index (χ0) is 21.2. The maximum atomic E-state index is 13.1. The lowest BCUT2D eigenvalue weighted by Crippen LogP contribution is -2.58. The summed E-state index contributed by atoms with van der Waals surface area (Å²) in [6, 6.07) is 4.88. The van der Waals surface area contributed by atoms with E-state index in [1.54, 1.807) is 26.0 Å². The van der Waals surface area contributed by atoms with Gasteiger partial charge in [-0.3, -0.25) is 4.79 Å². The largest absolute Gasteiger partial charge is 0.481 e. The van der Waals surface area contributed by atoms with E-state index in [2.05, 4.69) is 11.8 Å². The van der Waals surface area contributed by atoms with Crippen LogP contribution < -0.4 is 4.74 Å². The summed E-state index contributed by atoms with van der Waals surface area (Å²) in [4.78, 5) is 11.8. The Balaban J connectivity index is 2.19. The maximum absolute atomic E-state index is 13.1. The van der Waals surface area contributed by atoms with Gasteiger partial charge in [0.2, 0.25) is 10.0 Å². The van der Waals surface area contributed by atoms with E-state index in [4.69, 9.17) is 4.74 Å². The molecule has 0 aliphatic carbocycles. The minimum absolute atomic E-state index is 0.0505. The maximum Gasteiger partial charge on any atom is 0.323 e. The molecule has 1 aliphatic rings. The van der Waals surface area contributed by atoms with Crippen molar-refractivity contribution in [1.29, 1.82) is 0 Å². The quantitative estimate of drug-likeness (QED) is 0.730. The molecule has 0 spiro atoms. The van der Waals surface area contributed by atoms with Gasteiger partial charge in [0.05, 0.1) is 4.90 Å². The van der Waals surface area contributed by atoms with Gasteiger partial charge in [0.25, 0.3) is 0 Å². The molecule has 1 N–H and O–H groups in total. The lowest BCUT2D eigenvalue weighted by Gasteiger charge is -2.42. The van der Waals surface area contributed by atoms with Crippen LogP contribution in [0.4, 0.5) is 0 Å². The molecule has 28 heavy (non-hydrogen) atoms. The number of thioether (sulfide) groups is 1. The molecule has 0 saturated carbocycles. The van der Waals surface area contributed by atoms with Crippen molar-refractivity contribution < 1.29 is 23.1 Å². The molecule has 1 aliphatic heterocycles. The molecule has 1 unspecified atom stereocenters. The predicted octanol–water partition coefficient (Wildman–Crippen LogP) is 3.08. The van der Waals surface area contributed by atoms with Gasteiger partial charge >= 0.3 is 5.97 Å². The van der Waals surface area contributed by atoms with Crippen molar-refractivity contribution in [3.8, 4) is 17.6 Å². The summed E-state index contributed by atoms with van der Waals surface area (Å²) < 4.78 is 32.0. The zero-order valence-electron chi connectivity index (χ0n) is 16.9. The summed E-state index contributed by atoms with van der Waals surface area (Å²) in [5.74, 6) is 5.90. The first-order valence-corrected chi connectivity index (χ1v) is 11.4. The molecule has 1 fully saturated rings. The number of benzene rings is 1. The monoisotopic (exact) mass is 425 g/mol. The SMILES string of the molecule is CC(C)(C)C#CCOc1ccc(S(=O)(=O)N2CCSC(C)(C)C2C(=O)O)cc1. The van der Waals surface area contributed by atoms with Crippen LogP contribution in [0, 0.1) is 17.3 Å². The second-order valence-electron chi connectivity index (χ2n) is 8.12. The van der Waals surface area contributed by atoms with E-state index in [9.17, 15) is 18.3 Å². The van der Waals surface area contributed by atoms with Gasteiger partial charge in [-0.15, -0.1) is 0 Å². The minimum atomic E-state index is -3.93. The summed E-state index contributed by atoms with van der Waals surface area (Å²) in [5, 5.41) is 9.62. The van der Waals surface area contributed by atoms with Crippen LogP contribution in [0.1, 0.15) is 34.6 Å². The average Bonchev–Trinajstić information content (AvgIpc) is 2.57. The number of carboxylic acids is 1. The van der Waals surface area contributed by atoms with E-state index in [1.165, 1.54) is 23.9 Å². The third-order valence-electron chi connectivity index (χ3n) is 4.17. The summed E-state index contributed by atoms with van der Waals surface area (Å²) in [6.07, 6.45) is 0. The summed E-state index contributed by atoms with van der Waals surface area (Å²) in [7, 11) is -3.93. The molecule has 0 radical (unpaired) electrons. The number of hydrogen-bond acceptors (Lipinski definition) is 5. The van der Waals surface area contributed by atoms with Crippen molar-refractivity contribution >= 4 is 27.8 Å². The number of carboxylic acid groups (broad SMARTS) is 1. The van der Waals surface area contributed by atoms with Crippen molar-refractivity contribution in [3.05, 3.63) is 24.3 Å². The van der Waals surface area contributed by atoms with Crippen LogP contribution in [0.2, 0.25) is 0 Å². The smallest absolute Gasteiger partial charge is 0.323 e. The highest BCUT2D eigenvalue weighted by molar-refractivity contribution is 8.00. The average molecular weight is 426 g/mol. The van der Waals surface area contributed by atoms with E-state index in [0.717, 1.165) is 4.31 Å². The molecular weight excluding hydrogens is 398 g/mol. The Hall–Kier alpha value is -1.69. The molecule has 2 rings (SSSR count). The Morgan fingerprint density at radius 2 is 1.93 bits per heavy atom. The van der Waals surface area contributed by atoms with Crippen molar-refractivity contribution in [2.45, 2.75) is 50.3 Å². The number of aliphatic carboxylic acids is 1. The molecule has 1 atom stereocenters. The molecular formula is C20H27NO5S2. The molecule has 1 aromatic carbocycles. The summed E-state index contributed by atoms with van der Waals surface area (Å²) in [5.41, 5.74) is -0.109. The Bertz CT molecular complexity index is 874. The summed E-state index contributed by atoms with van der Waals surface area (Å²) in [6.45, 7) is 9.90. The second kappa shape index (κ2) is 8.36. The molecule has 0 amide bonds. The van der Waals surface area contributed by atoms with Gasteiger partial charge in [-0.05, 0) is 58.9 Å². The lowest BCUT2D eigenvalue weighted by molar-refractivity contribution is -0.142. The van der Waals surface area contributed by atoms with Crippen molar-refractivity contribution in [2.24, 2.45) is 5.41 Å². The standard InChI is InChI=1S/C20H27NO5S2/c1-19(2,3)11-6-13-26-15-7-9-16(10-8-15)28(24,25)21-12-14-27-20(4,5)17(21)18(22)23/h7-10,17H,12-14H2,1-5H3,(H,22,23). The molecule has 0 bridgehead atoms. The summed E-state index contributed by atoms with van der Waals surface area (Å²) >= 11 is 1.47. The molecule has 0 aromatic heterocycles. The normalized spacial score (nSPS) is 20.1. The number of rotatable bonds is 5. The van der Waals surface area contributed by atoms with E-state index >= 15 is 0 Å². The fourth-order valence-corrected chi connectivity index (χ4v) is 5.99. The van der Waals surface area contributed by atoms with Crippen LogP contribution in [0.3, 0.4) is 0 Å². The third-order valence-corrected chi connectivity index (χ3v) is 7.40. The van der Waals surface area contributed by atoms with Crippen LogP contribution in [-0.4, -0.2) is 53.5 Å². The van der Waals surface area contributed by atoms with E-state index in [-0.39, 0.29) is 23.5 Å². The molecule has 1 heterocycles. The van der Waals surface area contributed by atoms with Gasteiger partial charge in [0.1, 0.15) is 18.4 Å². The van der Waals surface area contributed by atoms with Gasteiger partial charge in [-0.25, -0.2) is 8.42 Å². The van der Waals surface area contributed by atoms with Gasteiger partial charge in [-0.1, -0.05) is 11.8 Å². The Labute approximate surface area is 171 Å². The van der Waals surface area contributed by atoms with Crippen LogP contribution in [0.15, 0.2) is 29.2 Å². The Morgan fingerprint density at radius 1 is 1.32 bits per heavy atom. The topological polar surface area (TPSA) is 83.9 Å². The van der Waals surface area contributed by atoms with Crippen molar-refractivity contribution in [1.82, 2.24) is 4.31 Å². The highest BCUT2D eigenvalue weighted by Crippen LogP contribution is 2.38. The highest BCUT2D eigenvalue weighted by Gasteiger charge is 2.48. The van der Waals surface area contributed by atoms with Crippen molar-refractivity contribution in [2.75, 3.05) is 18.9 Å². The number of carbonyl (C=O) groups is 1. The Morgan fingerprint density at radius 3 is 2.46 bits per heavy atom. The fraction of sp³-hybridized carbons (Fsp3) is 0.550. The number of ether oxygens (including phenoxy) is 1. The molecule has 154 valence electrons. The minimum Gasteiger partial charge on any atom is -0.481 e. The van der Waals surface area contributed by atoms with Crippen molar-refractivity contribution in [3.63, 3.8) is 0 Å². The molecule has 1 aromatic rings. The van der Waals surface area contributed by atoms with E-state index in [1.807, 2.05) is 20.8 Å². The number of nitrogens with zero attached hydrogens (tertiary/aromatic N) is 1. The second-order valence-corrected chi connectivity index (χ2v) is 11.8. The van der Waals surface area contributed by atoms with E-state index in [0.29, 0.717) is 11.5 Å². The first-order valence-electron chi connectivity index (χ1n) is 8.96. The Kier molecular flexibility index (Phi) is 6.74. The van der Waals surface area contributed by atoms with Gasteiger partial charge in [0.15, 0.2) is 0 Å². The molecule has 1 saturated heterocycles. The zero-order valence-corrected chi connectivity index (χ0v) is 18.5. The number of hydrogen-bond donors (Lipinski definition) is 1. The first kappa shape index (κ1) is 22.6. The van der Waals surface area contributed by atoms with Crippen LogP contribution in [0.25, 0.3) is 0 Å². The van der Waals surface area contributed by atoms with Gasteiger partial charge in [-0.2, -0.15) is 16.1 Å². The van der Waals surface area contributed by atoms with Gasteiger partial charge in [0, 0.05) is 22.5 Å². The lowest BCUT2D eigenvalue weighted by atomic mass is 9.98. The number of sulfonamides is 1. The van der Waals surface area contributed by atoms with Gasteiger partial charge < -0.3 is 9.84 Å². The molecule has 8 heteroatoms. The predicted molar refractivity (Wildman–Crippen MR) is 111 cm³/mol. The van der Waals surface area contributed by atoms with Crippen LogP contribution in [-0.2, 0) is 14.8 Å². The highest BCUT2D eigenvalue weighted by atomic mass is 32.2. The van der Waals surface area contributed by atoms with Crippen LogP contribution >= 0.6 is 11.8 Å². The first-order chi connectivity index (χ1) is 12.8. The van der Waals surface area contributed by atoms with E-state index < -0.39 is 26.8 Å². The fourth-order valence-electron chi connectivity index (χ4n) is 2.90. The molecule has 6 nitrogen and oxygen atoms in total.